The Morgan fingerprint density at radius 3 is 2.53 bits per heavy atom. The Labute approximate surface area is 114 Å². The van der Waals surface area contributed by atoms with Crippen LogP contribution >= 0.6 is 0 Å². The topological polar surface area (TPSA) is 61.4 Å². The second-order valence-corrected chi connectivity index (χ2v) is 4.99. The summed E-state index contributed by atoms with van der Waals surface area (Å²) in [6.07, 6.45) is 0. The summed E-state index contributed by atoms with van der Waals surface area (Å²) in [5.41, 5.74) is 1.17. The standard InChI is InChI=1S/C14H21N3O2/c1-10(2)15-14(19)11-6-5-7-12(8-11)16-13(18)9-17(3)4/h5-8,10H,9H2,1-4H3,(H,15,19)(H,16,18). The molecule has 0 radical (unpaired) electrons. The van der Waals surface area contributed by atoms with Gasteiger partial charge in [0.05, 0.1) is 6.54 Å². The van der Waals surface area contributed by atoms with Gasteiger partial charge in [0.25, 0.3) is 5.91 Å². The van der Waals surface area contributed by atoms with E-state index in [0.717, 1.165) is 0 Å². The van der Waals surface area contributed by atoms with E-state index in [0.29, 0.717) is 17.8 Å². The number of carbonyl (C=O) groups is 2. The highest BCUT2D eigenvalue weighted by Gasteiger charge is 2.09. The lowest BCUT2D eigenvalue weighted by molar-refractivity contribution is -0.116. The zero-order valence-electron chi connectivity index (χ0n) is 11.9. The molecule has 2 N–H and O–H groups in total. The lowest BCUT2D eigenvalue weighted by Crippen LogP contribution is -2.30. The fourth-order valence-corrected chi connectivity index (χ4v) is 1.57. The molecule has 104 valence electrons. The molecular weight excluding hydrogens is 242 g/mol. The number of amides is 2. The molecule has 0 unspecified atom stereocenters. The van der Waals surface area contributed by atoms with E-state index in [2.05, 4.69) is 10.6 Å². The van der Waals surface area contributed by atoms with Crippen molar-refractivity contribution in [3.8, 4) is 0 Å². The molecule has 0 bridgehead atoms. The van der Waals surface area contributed by atoms with Crippen molar-refractivity contribution in [2.75, 3.05) is 26.0 Å². The smallest absolute Gasteiger partial charge is 0.251 e. The molecule has 5 nitrogen and oxygen atoms in total. The van der Waals surface area contributed by atoms with Crippen LogP contribution < -0.4 is 10.6 Å². The summed E-state index contributed by atoms with van der Waals surface area (Å²) in [4.78, 5) is 25.2. The second kappa shape index (κ2) is 6.89. The molecule has 0 saturated carbocycles. The Bertz CT molecular complexity index is 456. The normalized spacial score (nSPS) is 10.6. The van der Waals surface area contributed by atoms with E-state index >= 15 is 0 Å². The molecule has 0 spiro atoms. The quantitative estimate of drug-likeness (QED) is 0.842. The van der Waals surface area contributed by atoms with Crippen molar-refractivity contribution < 1.29 is 9.59 Å². The fourth-order valence-electron chi connectivity index (χ4n) is 1.57. The Morgan fingerprint density at radius 1 is 1.26 bits per heavy atom. The summed E-state index contributed by atoms with van der Waals surface area (Å²) >= 11 is 0. The molecule has 0 aliphatic heterocycles. The first kappa shape index (κ1) is 15.2. The number of nitrogens with one attached hydrogen (secondary N) is 2. The van der Waals surface area contributed by atoms with Gasteiger partial charge >= 0.3 is 0 Å². The van der Waals surface area contributed by atoms with E-state index in [4.69, 9.17) is 0 Å². The average molecular weight is 263 g/mol. The van der Waals surface area contributed by atoms with Crippen molar-refractivity contribution in [3.63, 3.8) is 0 Å². The van der Waals surface area contributed by atoms with E-state index in [-0.39, 0.29) is 17.9 Å². The first-order chi connectivity index (χ1) is 8.88. The van der Waals surface area contributed by atoms with Gasteiger partial charge in [0.1, 0.15) is 0 Å². The van der Waals surface area contributed by atoms with Crippen LogP contribution in [0.2, 0.25) is 0 Å². The SMILES string of the molecule is CC(C)NC(=O)c1cccc(NC(=O)CN(C)C)c1. The summed E-state index contributed by atoms with van der Waals surface area (Å²) in [5, 5.41) is 5.57. The molecule has 0 aliphatic carbocycles. The molecule has 0 aromatic heterocycles. The largest absolute Gasteiger partial charge is 0.350 e. The highest BCUT2D eigenvalue weighted by molar-refractivity contribution is 5.97. The number of anilines is 1. The molecule has 2 amide bonds. The number of carbonyl (C=O) groups excluding carboxylic acids is 2. The summed E-state index contributed by atoms with van der Waals surface area (Å²) in [5.74, 6) is -0.245. The molecule has 0 heterocycles. The van der Waals surface area contributed by atoms with Gasteiger partial charge in [-0.3, -0.25) is 9.59 Å². The third-order valence-electron chi connectivity index (χ3n) is 2.29. The number of hydrogen-bond acceptors (Lipinski definition) is 3. The van der Waals surface area contributed by atoms with Crippen LogP contribution in [0.5, 0.6) is 0 Å². The second-order valence-electron chi connectivity index (χ2n) is 4.99. The molecule has 1 rings (SSSR count). The maximum Gasteiger partial charge on any atom is 0.251 e. The van der Waals surface area contributed by atoms with Crippen LogP contribution in [-0.4, -0.2) is 43.4 Å². The highest BCUT2D eigenvalue weighted by Crippen LogP contribution is 2.10. The van der Waals surface area contributed by atoms with E-state index in [1.54, 1.807) is 29.2 Å². The van der Waals surface area contributed by atoms with E-state index in [1.165, 1.54) is 0 Å². The van der Waals surface area contributed by atoms with Gasteiger partial charge in [-0.2, -0.15) is 0 Å². The summed E-state index contributed by atoms with van der Waals surface area (Å²) < 4.78 is 0. The molecule has 1 aromatic rings. The molecule has 19 heavy (non-hydrogen) atoms. The van der Waals surface area contributed by atoms with E-state index < -0.39 is 0 Å². The Morgan fingerprint density at radius 2 is 1.95 bits per heavy atom. The monoisotopic (exact) mass is 263 g/mol. The summed E-state index contributed by atoms with van der Waals surface area (Å²) in [7, 11) is 3.65. The Kier molecular flexibility index (Phi) is 5.51. The molecule has 5 heteroatoms. The van der Waals surface area contributed by atoms with Crippen molar-refractivity contribution in [2.24, 2.45) is 0 Å². The van der Waals surface area contributed by atoms with E-state index in [1.807, 2.05) is 27.9 Å². The molecule has 0 aliphatic rings. The maximum atomic E-state index is 11.8. The van der Waals surface area contributed by atoms with Crippen LogP contribution in [0.25, 0.3) is 0 Å². The highest BCUT2D eigenvalue weighted by atomic mass is 16.2. The van der Waals surface area contributed by atoms with Crippen molar-refractivity contribution >= 4 is 17.5 Å². The van der Waals surface area contributed by atoms with Gasteiger partial charge in [0, 0.05) is 17.3 Å². The minimum absolute atomic E-state index is 0.0829. The van der Waals surface area contributed by atoms with Crippen LogP contribution in [0, 0.1) is 0 Å². The Balaban J connectivity index is 2.72. The van der Waals surface area contributed by atoms with Crippen molar-refractivity contribution in [3.05, 3.63) is 29.8 Å². The number of benzene rings is 1. The van der Waals surface area contributed by atoms with Crippen LogP contribution in [0.1, 0.15) is 24.2 Å². The predicted molar refractivity (Wildman–Crippen MR) is 76.2 cm³/mol. The summed E-state index contributed by atoms with van der Waals surface area (Å²) in [6.45, 7) is 4.11. The van der Waals surface area contributed by atoms with Gasteiger partial charge < -0.3 is 15.5 Å². The number of nitrogens with zero attached hydrogens (tertiary/aromatic N) is 1. The zero-order valence-corrected chi connectivity index (χ0v) is 11.9. The zero-order chi connectivity index (χ0) is 14.4. The van der Waals surface area contributed by atoms with Crippen LogP contribution in [0.3, 0.4) is 0 Å². The molecule has 0 fully saturated rings. The lowest BCUT2D eigenvalue weighted by atomic mass is 10.1. The van der Waals surface area contributed by atoms with Gasteiger partial charge in [0.15, 0.2) is 0 Å². The number of rotatable bonds is 5. The van der Waals surface area contributed by atoms with Crippen LogP contribution in [0.15, 0.2) is 24.3 Å². The molecular formula is C14H21N3O2. The predicted octanol–water partition coefficient (Wildman–Crippen LogP) is 1.32. The van der Waals surface area contributed by atoms with Crippen molar-refractivity contribution in [1.82, 2.24) is 10.2 Å². The number of hydrogen-bond donors (Lipinski definition) is 2. The van der Waals surface area contributed by atoms with Crippen LogP contribution in [0.4, 0.5) is 5.69 Å². The van der Waals surface area contributed by atoms with Gasteiger partial charge in [-0.15, -0.1) is 0 Å². The van der Waals surface area contributed by atoms with Crippen molar-refractivity contribution in [2.45, 2.75) is 19.9 Å². The van der Waals surface area contributed by atoms with Gasteiger partial charge in [0.2, 0.25) is 5.91 Å². The Hall–Kier alpha value is -1.88. The van der Waals surface area contributed by atoms with E-state index in [9.17, 15) is 9.59 Å². The molecule has 0 saturated heterocycles. The third kappa shape index (κ3) is 5.52. The lowest BCUT2D eigenvalue weighted by Gasteiger charge is -2.12. The molecule has 1 aromatic carbocycles. The first-order valence-corrected chi connectivity index (χ1v) is 6.24. The minimum Gasteiger partial charge on any atom is -0.350 e. The van der Waals surface area contributed by atoms with Crippen molar-refractivity contribution in [1.29, 1.82) is 0 Å². The van der Waals surface area contributed by atoms with Gasteiger partial charge in [-0.25, -0.2) is 0 Å². The average Bonchev–Trinajstić information content (AvgIpc) is 2.27. The third-order valence-corrected chi connectivity index (χ3v) is 2.29. The minimum atomic E-state index is -0.140. The summed E-state index contributed by atoms with van der Waals surface area (Å²) in [6, 6.07) is 6.99. The first-order valence-electron chi connectivity index (χ1n) is 6.24. The molecule has 0 atom stereocenters. The fraction of sp³-hybridized carbons (Fsp3) is 0.429. The maximum absolute atomic E-state index is 11.8. The van der Waals surface area contributed by atoms with Gasteiger partial charge in [-0.05, 0) is 46.1 Å². The number of likely N-dealkylation sites (N-methyl/N-ethyl adjacent to an activating group) is 1. The van der Waals surface area contributed by atoms with Gasteiger partial charge in [-0.1, -0.05) is 6.07 Å². The van der Waals surface area contributed by atoms with Crippen LogP contribution in [-0.2, 0) is 4.79 Å².